The lowest BCUT2D eigenvalue weighted by Crippen LogP contribution is -2.43. The van der Waals surface area contributed by atoms with Crippen molar-refractivity contribution in [1.29, 1.82) is 0 Å². The van der Waals surface area contributed by atoms with Crippen molar-refractivity contribution in [2.45, 2.75) is 29.9 Å². The second-order valence-corrected chi connectivity index (χ2v) is 10.4. The summed E-state index contributed by atoms with van der Waals surface area (Å²) in [6.07, 6.45) is 2.59. The standard InChI is InChI=1S/C20H23N3O4S2/c24-18-9-4-12-23(18)17-8-2-1-7-16(17)21-20(25)15-6-3-11-22(14-15)29(26,27)19-10-5-13-28-19/h1-2,5,7-8,10,13,15H,3-4,6,9,11-12,14H2,(H,21,25)/t15-/m0/s1. The molecule has 2 aliphatic heterocycles. The third-order valence-corrected chi connectivity index (χ3v) is 8.61. The van der Waals surface area contributed by atoms with Crippen LogP contribution >= 0.6 is 11.3 Å². The molecule has 2 aromatic rings. The Morgan fingerprint density at radius 1 is 1.10 bits per heavy atom. The Balaban J connectivity index is 1.49. The Hall–Kier alpha value is -2.23. The molecule has 2 fully saturated rings. The molecule has 0 unspecified atom stereocenters. The average Bonchev–Trinajstić information content (AvgIpc) is 3.41. The van der Waals surface area contributed by atoms with E-state index in [4.69, 9.17) is 0 Å². The number of thiophene rings is 1. The van der Waals surface area contributed by atoms with E-state index in [0.717, 1.165) is 6.42 Å². The molecule has 0 saturated carbocycles. The van der Waals surface area contributed by atoms with E-state index in [-0.39, 0.29) is 18.4 Å². The number of nitrogens with zero attached hydrogens (tertiary/aromatic N) is 2. The lowest BCUT2D eigenvalue weighted by molar-refractivity contribution is -0.121. The van der Waals surface area contributed by atoms with Crippen LogP contribution in [-0.2, 0) is 19.6 Å². The van der Waals surface area contributed by atoms with E-state index >= 15 is 0 Å². The van der Waals surface area contributed by atoms with Crippen molar-refractivity contribution in [2.24, 2.45) is 5.92 Å². The molecular formula is C20H23N3O4S2. The molecule has 0 spiro atoms. The monoisotopic (exact) mass is 433 g/mol. The van der Waals surface area contributed by atoms with Gasteiger partial charge in [-0.25, -0.2) is 8.42 Å². The molecule has 2 aliphatic rings. The first-order valence-corrected chi connectivity index (χ1v) is 12.0. The second kappa shape index (κ2) is 8.25. The SMILES string of the molecule is O=C(Nc1ccccc1N1CCCC1=O)[C@H]1CCCN(S(=O)(=O)c2cccs2)C1. The van der Waals surface area contributed by atoms with Crippen LogP contribution < -0.4 is 10.2 Å². The molecule has 1 N–H and O–H groups in total. The Morgan fingerprint density at radius 3 is 2.66 bits per heavy atom. The van der Waals surface area contributed by atoms with Crippen LogP contribution in [0.4, 0.5) is 11.4 Å². The number of amides is 2. The molecule has 0 bridgehead atoms. The van der Waals surface area contributed by atoms with Crippen LogP contribution in [0, 0.1) is 5.92 Å². The minimum absolute atomic E-state index is 0.0533. The first-order valence-electron chi connectivity index (χ1n) is 9.71. The summed E-state index contributed by atoms with van der Waals surface area (Å²) in [6.45, 7) is 1.22. The highest BCUT2D eigenvalue weighted by molar-refractivity contribution is 7.91. The summed E-state index contributed by atoms with van der Waals surface area (Å²) >= 11 is 1.18. The molecule has 2 saturated heterocycles. The number of carbonyl (C=O) groups is 2. The maximum atomic E-state index is 12.9. The van der Waals surface area contributed by atoms with Crippen LogP contribution in [-0.4, -0.2) is 44.2 Å². The molecule has 1 aromatic carbocycles. The molecule has 4 rings (SSSR count). The van der Waals surface area contributed by atoms with Crippen LogP contribution in [0.25, 0.3) is 0 Å². The number of nitrogens with one attached hydrogen (secondary N) is 1. The van der Waals surface area contributed by atoms with E-state index in [1.807, 2.05) is 18.2 Å². The smallest absolute Gasteiger partial charge is 0.252 e. The molecule has 7 nitrogen and oxygen atoms in total. The molecule has 0 aliphatic carbocycles. The third-order valence-electron chi connectivity index (χ3n) is 5.37. The van der Waals surface area contributed by atoms with Gasteiger partial charge in [-0.05, 0) is 42.8 Å². The largest absolute Gasteiger partial charge is 0.324 e. The Morgan fingerprint density at radius 2 is 1.93 bits per heavy atom. The quantitative estimate of drug-likeness (QED) is 0.786. The highest BCUT2D eigenvalue weighted by Crippen LogP contribution is 2.31. The van der Waals surface area contributed by atoms with Gasteiger partial charge >= 0.3 is 0 Å². The topological polar surface area (TPSA) is 86.8 Å². The van der Waals surface area contributed by atoms with E-state index in [1.54, 1.807) is 28.5 Å². The molecule has 1 atom stereocenters. The molecule has 154 valence electrons. The van der Waals surface area contributed by atoms with Gasteiger partial charge in [0.2, 0.25) is 11.8 Å². The Labute approximate surface area is 174 Å². The van der Waals surface area contributed by atoms with Crippen LogP contribution in [0.1, 0.15) is 25.7 Å². The van der Waals surface area contributed by atoms with Crippen molar-refractivity contribution in [3.8, 4) is 0 Å². The molecular weight excluding hydrogens is 410 g/mol. The van der Waals surface area contributed by atoms with E-state index in [9.17, 15) is 18.0 Å². The lowest BCUT2D eigenvalue weighted by Gasteiger charge is -2.31. The number of hydrogen-bond donors (Lipinski definition) is 1. The summed E-state index contributed by atoms with van der Waals surface area (Å²) in [7, 11) is -3.57. The van der Waals surface area contributed by atoms with Gasteiger partial charge in [0.1, 0.15) is 4.21 Å². The van der Waals surface area contributed by atoms with Gasteiger partial charge in [-0.3, -0.25) is 9.59 Å². The van der Waals surface area contributed by atoms with Crippen molar-refractivity contribution in [2.75, 3.05) is 29.9 Å². The number of piperidine rings is 1. The molecule has 29 heavy (non-hydrogen) atoms. The number of carbonyl (C=O) groups excluding carboxylic acids is 2. The normalized spacial score (nSPS) is 20.8. The first-order chi connectivity index (χ1) is 14.0. The molecule has 3 heterocycles. The van der Waals surface area contributed by atoms with Crippen molar-refractivity contribution in [3.05, 3.63) is 41.8 Å². The number of anilines is 2. The van der Waals surface area contributed by atoms with Crippen LogP contribution in [0.15, 0.2) is 46.0 Å². The van der Waals surface area contributed by atoms with Gasteiger partial charge in [-0.2, -0.15) is 4.31 Å². The summed E-state index contributed by atoms with van der Waals surface area (Å²) in [5.74, 6) is -0.589. The maximum absolute atomic E-state index is 12.9. The van der Waals surface area contributed by atoms with E-state index in [0.29, 0.717) is 47.9 Å². The summed E-state index contributed by atoms with van der Waals surface area (Å²) in [4.78, 5) is 26.8. The Bertz CT molecular complexity index is 1000. The zero-order valence-corrected chi connectivity index (χ0v) is 17.5. The van der Waals surface area contributed by atoms with Gasteiger partial charge in [0.15, 0.2) is 0 Å². The fourth-order valence-electron chi connectivity index (χ4n) is 3.86. The van der Waals surface area contributed by atoms with Gasteiger partial charge in [-0.15, -0.1) is 11.3 Å². The minimum Gasteiger partial charge on any atom is -0.324 e. The maximum Gasteiger partial charge on any atom is 0.252 e. The fourth-order valence-corrected chi connectivity index (χ4v) is 6.53. The zero-order chi connectivity index (χ0) is 20.4. The lowest BCUT2D eigenvalue weighted by atomic mass is 9.98. The van der Waals surface area contributed by atoms with Crippen LogP contribution in [0.3, 0.4) is 0 Å². The molecule has 1 aromatic heterocycles. The van der Waals surface area contributed by atoms with Crippen molar-refractivity contribution < 1.29 is 18.0 Å². The van der Waals surface area contributed by atoms with Gasteiger partial charge < -0.3 is 10.2 Å². The summed E-state index contributed by atoms with van der Waals surface area (Å²) in [6, 6.07) is 10.6. The highest BCUT2D eigenvalue weighted by atomic mass is 32.2. The van der Waals surface area contributed by atoms with Crippen molar-refractivity contribution >= 4 is 44.5 Å². The number of rotatable bonds is 5. The number of benzene rings is 1. The molecule has 9 heteroatoms. The summed E-state index contributed by atoms with van der Waals surface area (Å²) < 4.78 is 27.3. The van der Waals surface area contributed by atoms with Gasteiger partial charge in [0.05, 0.1) is 17.3 Å². The highest BCUT2D eigenvalue weighted by Gasteiger charge is 2.34. The minimum atomic E-state index is -3.57. The van der Waals surface area contributed by atoms with Gasteiger partial charge in [0, 0.05) is 26.1 Å². The predicted octanol–water partition coefficient (Wildman–Crippen LogP) is 2.91. The first kappa shape index (κ1) is 20.1. The molecule has 2 amide bonds. The van der Waals surface area contributed by atoms with Crippen molar-refractivity contribution in [1.82, 2.24) is 4.31 Å². The number of hydrogen-bond acceptors (Lipinski definition) is 5. The Kier molecular flexibility index (Phi) is 5.71. The molecule has 0 radical (unpaired) electrons. The number of sulfonamides is 1. The van der Waals surface area contributed by atoms with Crippen LogP contribution in [0.2, 0.25) is 0 Å². The van der Waals surface area contributed by atoms with Gasteiger partial charge in [-0.1, -0.05) is 18.2 Å². The van der Waals surface area contributed by atoms with Crippen molar-refractivity contribution in [3.63, 3.8) is 0 Å². The fraction of sp³-hybridized carbons (Fsp3) is 0.400. The third kappa shape index (κ3) is 4.08. The predicted molar refractivity (Wildman–Crippen MR) is 112 cm³/mol. The van der Waals surface area contributed by atoms with E-state index < -0.39 is 15.9 Å². The zero-order valence-electron chi connectivity index (χ0n) is 15.9. The second-order valence-electron chi connectivity index (χ2n) is 7.29. The summed E-state index contributed by atoms with van der Waals surface area (Å²) in [5, 5.41) is 4.67. The van der Waals surface area contributed by atoms with E-state index in [2.05, 4.69) is 5.32 Å². The number of para-hydroxylation sites is 2. The van der Waals surface area contributed by atoms with E-state index in [1.165, 1.54) is 15.6 Å². The van der Waals surface area contributed by atoms with Gasteiger partial charge in [0.25, 0.3) is 10.0 Å². The average molecular weight is 434 g/mol. The van der Waals surface area contributed by atoms with Crippen LogP contribution in [0.5, 0.6) is 0 Å². The summed E-state index contributed by atoms with van der Waals surface area (Å²) in [5.41, 5.74) is 1.29.